The van der Waals surface area contributed by atoms with Crippen molar-refractivity contribution in [3.8, 4) is 5.75 Å². The molecule has 2 fully saturated rings. The van der Waals surface area contributed by atoms with E-state index in [4.69, 9.17) is 0 Å². The highest BCUT2D eigenvalue weighted by atomic mass is 19.3. The third kappa shape index (κ3) is 5.05. The molecule has 0 aliphatic heterocycles. The van der Waals surface area contributed by atoms with E-state index in [-0.39, 0.29) is 5.75 Å². The van der Waals surface area contributed by atoms with Crippen LogP contribution < -0.4 is 4.74 Å². The second kappa shape index (κ2) is 8.82. The Labute approximate surface area is 150 Å². The second-order valence-electron chi connectivity index (χ2n) is 7.77. The van der Waals surface area contributed by atoms with E-state index in [1.807, 2.05) is 12.1 Å². The molecule has 1 unspecified atom stereocenters. The van der Waals surface area contributed by atoms with Gasteiger partial charge in [-0.15, -0.1) is 0 Å². The van der Waals surface area contributed by atoms with Crippen LogP contribution in [0, 0.1) is 17.8 Å². The van der Waals surface area contributed by atoms with Crippen LogP contribution in [0.1, 0.15) is 69.8 Å². The molecular weight excluding hydrogens is 318 g/mol. The molecule has 0 heterocycles. The Hall–Kier alpha value is -1.38. The summed E-state index contributed by atoms with van der Waals surface area (Å²) in [4.78, 5) is 0. The van der Waals surface area contributed by atoms with Gasteiger partial charge in [0.2, 0.25) is 0 Å². The van der Waals surface area contributed by atoms with Gasteiger partial charge in [0, 0.05) is 0 Å². The minimum absolute atomic E-state index is 0.256. The van der Waals surface area contributed by atoms with E-state index in [2.05, 4.69) is 23.8 Å². The van der Waals surface area contributed by atoms with Crippen LogP contribution in [0.15, 0.2) is 36.4 Å². The van der Waals surface area contributed by atoms with Crippen LogP contribution in [0.5, 0.6) is 5.75 Å². The van der Waals surface area contributed by atoms with Crippen LogP contribution in [0.2, 0.25) is 0 Å². The van der Waals surface area contributed by atoms with E-state index in [0.29, 0.717) is 5.92 Å². The van der Waals surface area contributed by atoms with Crippen molar-refractivity contribution in [1.82, 2.24) is 0 Å². The Bertz CT molecular complexity index is 552. The summed E-state index contributed by atoms with van der Waals surface area (Å²) < 4.78 is 29.0. The first-order valence-electron chi connectivity index (χ1n) is 9.87. The van der Waals surface area contributed by atoms with Crippen LogP contribution in [0.4, 0.5) is 8.78 Å². The molecule has 0 amide bonds. The molecule has 0 N–H and O–H groups in total. The van der Waals surface area contributed by atoms with Gasteiger partial charge in [-0.25, -0.2) is 0 Å². The number of ether oxygens (including phenoxy) is 1. The van der Waals surface area contributed by atoms with E-state index in [1.54, 1.807) is 12.1 Å². The Morgan fingerprint density at radius 3 is 2.48 bits per heavy atom. The summed E-state index contributed by atoms with van der Waals surface area (Å²) in [6.45, 7) is -0.517. The van der Waals surface area contributed by atoms with Crippen LogP contribution >= 0.6 is 0 Å². The number of fused-ring (bicyclic) bond motifs is 1. The molecule has 2 saturated carbocycles. The van der Waals surface area contributed by atoms with Crippen molar-refractivity contribution in [3.63, 3.8) is 0 Å². The van der Waals surface area contributed by atoms with Crippen LogP contribution in [-0.2, 0) is 0 Å². The molecule has 4 atom stereocenters. The summed E-state index contributed by atoms with van der Waals surface area (Å²) in [7, 11) is 0. The van der Waals surface area contributed by atoms with Gasteiger partial charge in [0.05, 0.1) is 0 Å². The van der Waals surface area contributed by atoms with Gasteiger partial charge >= 0.3 is 6.61 Å². The average molecular weight is 348 g/mol. The maximum Gasteiger partial charge on any atom is 0.387 e. The first kappa shape index (κ1) is 18.4. The zero-order valence-electron chi connectivity index (χ0n) is 15.2. The highest BCUT2D eigenvalue weighted by Crippen LogP contribution is 2.47. The fourth-order valence-electron chi connectivity index (χ4n) is 4.78. The predicted molar refractivity (Wildman–Crippen MR) is 98.0 cm³/mol. The molecule has 1 aromatic rings. The minimum atomic E-state index is -2.75. The number of hydrogen-bond donors (Lipinski definition) is 0. The van der Waals surface area contributed by atoms with E-state index in [0.717, 1.165) is 17.8 Å². The quantitative estimate of drug-likeness (QED) is 0.506. The van der Waals surface area contributed by atoms with E-state index >= 15 is 0 Å². The van der Waals surface area contributed by atoms with E-state index in [1.165, 1.54) is 56.9 Å². The van der Waals surface area contributed by atoms with Gasteiger partial charge in [0.15, 0.2) is 0 Å². The van der Waals surface area contributed by atoms with Crippen molar-refractivity contribution in [2.75, 3.05) is 0 Å². The lowest BCUT2D eigenvalue weighted by Crippen LogP contribution is -2.30. The number of unbranched alkanes of at least 4 members (excludes halogenated alkanes) is 1. The fraction of sp³-hybridized carbons (Fsp3) is 0.636. The van der Waals surface area contributed by atoms with Crippen molar-refractivity contribution in [2.24, 2.45) is 17.8 Å². The zero-order valence-corrected chi connectivity index (χ0v) is 15.2. The molecular formula is C22H30F2O. The number of allylic oxidation sites excluding steroid dienone is 2. The molecule has 3 rings (SSSR count). The normalized spacial score (nSPS) is 29.8. The molecule has 3 heteroatoms. The van der Waals surface area contributed by atoms with Crippen molar-refractivity contribution in [3.05, 3.63) is 42.0 Å². The SMILES string of the molecule is CCCC=C[C@@H]1CC[C@@H]2CC(c3ccc(OC(F)F)cc3)CC[C@@H]2C1. The molecule has 138 valence electrons. The number of alkyl halides is 2. The van der Waals surface area contributed by atoms with Gasteiger partial charge in [0.25, 0.3) is 0 Å². The Balaban J connectivity index is 1.54. The van der Waals surface area contributed by atoms with Crippen molar-refractivity contribution in [2.45, 2.75) is 70.8 Å². The lowest BCUT2D eigenvalue weighted by Gasteiger charge is -2.41. The summed E-state index contributed by atoms with van der Waals surface area (Å²) in [5.41, 5.74) is 1.28. The first-order valence-corrected chi connectivity index (χ1v) is 9.87. The highest BCUT2D eigenvalue weighted by molar-refractivity contribution is 5.30. The minimum Gasteiger partial charge on any atom is -0.435 e. The largest absolute Gasteiger partial charge is 0.435 e. The number of rotatable bonds is 6. The maximum absolute atomic E-state index is 12.3. The molecule has 1 aromatic carbocycles. The number of halogens is 2. The van der Waals surface area contributed by atoms with Gasteiger partial charge < -0.3 is 4.74 Å². The Morgan fingerprint density at radius 1 is 1.04 bits per heavy atom. The van der Waals surface area contributed by atoms with Crippen molar-refractivity contribution >= 4 is 0 Å². The zero-order chi connectivity index (χ0) is 17.6. The summed E-state index contributed by atoms with van der Waals surface area (Å²) >= 11 is 0. The molecule has 2 aliphatic carbocycles. The molecule has 1 nitrogen and oxygen atoms in total. The molecule has 0 spiro atoms. The number of benzene rings is 1. The van der Waals surface area contributed by atoms with E-state index < -0.39 is 6.61 Å². The second-order valence-corrected chi connectivity index (χ2v) is 7.77. The molecule has 25 heavy (non-hydrogen) atoms. The molecule has 0 aromatic heterocycles. The van der Waals surface area contributed by atoms with Crippen molar-refractivity contribution < 1.29 is 13.5 Å². The monoisotopic (exact) mass is 348 g/mol. The number of hydrogen-bond acceptors (Lipinski definition) is 1. The van der Waals surface area contributed by atoms with Crippen LogP contribution in [0.25, 0.3) is 0 Å². The average Bonchev–Trinajstić information content (AvgIpc) is 2.62. The van der Waals surface area contributed by atoms with Crippen molar-refractivity contribution in [1.29, 1.82) is 0 Å². The summed E-state index contributed by atoms with van der Waals surface area (Å²) in [6, 6.07) is 7.32. The van der Waals surface area contributed by atoms with Crippen LogP contribution in [0.3, 0.4) is 0 Å². The van der Waals surface area contributed by atoms with Gasteiger partial charge in [-0.1, -0.05) is 37.6 Å². The first-order chi connectivity index (χ1) is 12.2. The van der Waals surface area contributed by atoms with Gasteiger partial charge in [0.1, 0.15) is 5.75 Å². The summed E-state index contributed by atoms with van der Waals surface area (Å²) in [6.07, 6.45) is 15.1. The molecule has 0 radical (unpaired) electrons. The maximum atomic E-state index is 12.3. The standard InChI is InChI=1S/C22H30F2O/c1-2-3-4-5-16-6-7-20-15-19(9-8-18(20)14-16)17-10-12-21(13-11-17)25-22(23)24/h4-5,10-13,16,18-20,22H,2-3,6-9,14-15H2,1H3/t16-,18-,19?,20-/m1/s1. The molecule has 0 bridgehead atoms. The lowest BCUT2D eigenvalue weighted by atomic mass is 9.64. The Kier molecular flexibility index (Phi) is 6.50. The summed E-state index contributed by atoms with van der Waals surface area (Å²) in [5.74, 6) is 3.34. The highest BCUT2D eigenvalue weighted by Gasteiger charge is 2.35. The Morgan fingerprint density at radius 2 is 1.76 bits per heavy atom. The van der Waals surface area contributed by atoms with Gasteiger partial charge in [-0.05, 0) is 86.3 Å². The van der Waals surface area contributed by atoms with Gasteiger partial charge in [-0.3, -0.25) is 0 Å². The molecule has 2 aliphatic rings. The summed E-state index contributed by atoms with van der Waals surface area (Å²) in [5, 5.41) is 0. The fourth-order valence-corrected chi connectivity index (χ4v) is 4.78. The smallest absolute Gasteiger partial charge is 0.387 e. The van der Waals surface area contributed by atoms with Gasteiger partial charge in [-0.2, -0.15) is 8.78 Å². The third-order valence-corrected chi connectivity index (χ3v) is 6.09. The van der Waals surface area contributed by atoms with Crippen LogP contribution in [-0.4, -0.2) is 6.61 Å². The van der Waals surface area contributed by atoms with E-state index in [9.17, 15) is 8.78 Å². The third-order valence-electron chi connectivity index (χ3n) is 6.09. The molecule has 0 saturated heterocycles. The topological polar surface area (TPSA) is 9.23 Å². The lowest BCUT2D eigenvalue weighted by molar-refractivity contribution is -0.0498. The predicted octanol–water partition coefficient (Wildman–Crippen LogP) is 6.94.